The molecule has 4 N–H and O–H groups in total. The van der Waals surface area contributed by atoms with Crippen LogP contribution in [-0.2, 0) is 9.59 Å². The fourth-order valence-electron chi connectivity index (χ4n) is 4.47. The van der Waals surface area contributed by atoms with E-state index in [2.05, 4.69) is 23.9 Å². The van der Waals surface area contributed by atoms with Gasteiger partial charge in [-0.1, -0.05) is 49.9 Å². The Hall–Kier alpha value is -2.20. The molecule has 0 radical (unpaired) electrons. The highest BCUT2D eigenvalue weighted by molar-refractivity contribution is 8.16. The Kier molecular flexibility index (Phi) is 9.92. The number of aliphatic imine (C=N–C) groups is 1. The van der Waals surface area contributed by atoms with Gasteiger partial charge < -0.3 is 20.6 Å². The summed E-state index contributed by atoms with van der Waals surface area (Å²) in [5.74, 6) is -0.399. The molecule has 0 aromatic carbocycles. The van der Waals surface area contributed by atoms with Gasteiger partial charge in [0.25, 0.3) is 0 Å². The average Bonchev–Trinajstić information content (AvgIpc) is 3.01. The molecule has 1 amide bonds. The lowest BCUT2D eigenvalue weighted by atomic mass is 9.87. The molecule has 3 unspecified atom stereocenters. The maximum atomic E-state index is 12.6. The Morgan fingerprint density at radius 3 is 2.69 bits per heavy atom. The smallest absolute Gasteiger partial charge is 0.249 e. The number of unbranched alkanes of at least 4 members (excludes halogenated alkanes) is 1. The highest BCUT2D eigenvalue weighted by Gasteiger charge is 2.41. The van der Waals surface area contributed by atoms with Crippen molar-refractivity contribution in [2.45, 2.75) is 64.7 Å². The van der Waals surface area contributed by atoms with Crippen LogP contribution < -0.4 is 5.32 Å². The zero-order valence-electron chi connectivity index (χ0n) is 22.4. The first kappa shape index (κ1) is 30.0. The third kappa shape index (κ3) is 7.41. The molecule has 2 aliphatic heterocycles. The van der Waals surface area contributed by atoms with Crippen molar-refractivity contribution in [1.82, 2.24) is 5.32 Å². The number of aliphatic hydroxyl groups excluding tert-OH is 3. The van der Waals surface area contributed by atoms with Crippen LogP contribution in [0, 0.1) is 5.41 Å². The Balaban J connectivity index is 1.97. The zero-order chi connectivity index (χ0) is 27.3. The van der Waals surface area contributed by atoms with Crippen LogP contribution in [0.1, 0.15) is 53.9 Å². The minimum absolute atomic E-state index is 0.0751. The van der Waals surface area contributed by atoms with Crippen LogP contribution in [0.2, 0.25) is 0 Å². The van der Waals surface area contributed by atoms with Crippen molar-refractivity contribution in [1.29, 1.82) is 0 Å². The number of carbonyl (C=O) groups is 2. The lowest BCUT2D eigenvalue weighted by molar-refractivity contribution is -0.851. The van der Waals surface area contributed by atoms with Crippen LogP contribution in [-0.4, -0.2) is 80.7 Å². The van der Waals surface area contributed by atoms with E-state index in [-0.39, 0.29) is 24.0 Å². The van der Waals surface area contributed by atoms with Crippen LogP contribution in [0.15, 0.2) is 52.5 Å². The minimum atomic E-state index is -1.32. The minimum Gasteiger partial charge on any atom is -0.510 e. The summed E-state index contributed by atoms with van der Waals surface area (Å²) in [5, 5.41) is 33.0. The molecule has 9 heteroatoms. The second-order valence-corrected chi connectivity index (χ2v) is 12.4. The first-order valence-corrected chi connectivity index (χ1v) is 13.1. The molecule has 36 heavy (non-hydrogen) atoms. The molecule has 0 fully saturated rings. The molecule has 0 spiro atoms. The summed E-state index contributed by atoms with van der Waals surface area (Å²) in [6.45, 7) is 14.1. The maximum Gasteiger partial charge on any atom is 0.249 e. The Morgan fingerprint density at radius 2 is 2.08 bits per heavy atom. The second kappa shape index (κ2) is 11.9. The van der Waals surface area contributed by atoms with E-state index in [0.717, 1.165) is 49.0 Å². The number of rotatable bonds is 12. The van der Waals surface area contributed by atoms with Gasteiger partial charge in [0.2, 0.25) is 11.0 Å². The van der Waals surface area contributed by atoms with Gasteiger partial charge >= 0.3 is 0 Å². The molecule has 0 saturated carbocycles. The topological polar surface area (TPSA) is 119 Å². The Labute approximate surface area is 219 Å². The van der Waals surface area contributed by atoms with E-state index in [1.54, 1.807) is 19.9 Å². The molecule has 0 aromatic heterocycles. The van der Waals surface area contributed by atoms with Gasteiger partial charge in [-0.25, -0.2) is 4.99 Å². The number of nitrogens with zero attached hydrogens (tertiary/aromatic N) is 2. The first-order chi connectivity index (χ1) is 16.7. The van der Waals surface area contributed by atoms with Crippen molar-refractivity contribution in [3.8, 4) is 0 Å². The summed E-state index contributed by atoms with van der Waals surface area (Å²) in [4.78, 5) is 29.5. The van der Waals surface area contributed by atoms with Crippen LogP contribution in [0.4, 0.5) is 0 Å². The lowest BCUT2D eigenvalue weighted by Gasteiger charge is -2.34. The Morgan fingerprint density at radius 1 is 1.42 bits per heavy atom. The van der Waals surface area contributed by atoms with E-state index >= 15 is 0 Å². The number of carbonyl (C=O) groups excluding carboxylic acids is 2. The summed E-state index contributed by atoms with van der Waals surface area (Å²) in [6, 6.07) is 0. The number of quaternary nitrogens is 1. The number of amides is 1. The zero-order valence-corrected chi connectivity index (χ0v) is 23.2. The quantitative estimate of drug-likeness (QED) is 0.178. The summed E-state index contributed by atoms with van der Waals surface area (Å²) in [7, 11) is 2.09. The highest BCUT2D eigenvalue weighted by atomic mass is 32.2. The monoisotopic (exact) mass is 520 g/mol. The SMILES string of the molecule is C=CC(C)=CC1(C)SC(=O)C(CCCC[N+]2(C)C=C(CNC(=O)C(O)C(C)(C)CO)N=C(C)C2)=C1O. The predicted octanol–water partition coefficient (Wildman–Crippen LogP) is 3.39. The van der Waals surface area contributed by atoms with E-state index in [0.29, 0.717) is 22.2 Å². The van der Waals surface area contributed by atoms with Crippen molar-refractivity contribution in [2.24, 2.45) is 10.4 Å². The molecular formula is C27H42N3O5S+. The molecule has 2 rings (SSSR count). The second-order valence-electron chi connectivity index (χ2n) is 11.0. The molecule has 2 heterocycles. The van der Waals surface area contributed by atoms with Crippen molar-refractivity contribution >= 4 is 28.5 Å². The van der Waals surface area contributed by atoms with E-state index in [1.807, 2.05) is 33.0 Å². The van der Waals surface area contributed by atoms with Gasteiger partial charge in [0.05, 0.1) is 37.2 Å². The van der Waals surface area contributed by atoms with E-state index < -0.39 is 22.2 Å². The van der Waals surface area contributed by atoms with Crippen LogP contribution in [0.5, 0.6) is 0 Å². The third-order valence-corrected chi connectivity index (χ3v) is 7.87. The molecule has 0 saturated heterocycles. The van der Waals surface area contributed by atoms with Gasteiger partial charge in [0.15, 0.2) is 0 Å². The normalized spacial score (nSPS) is 26.0. The largest absolute Gasteiger partial charge is 0.510 e. The molecule has 8 nitrogen and oxygen atoms in total. The number of allylic oxidation sites excluding steroid dienone is 2. The fourth-order valence-corrected chi connectivity index (χ4v) is 5.64. The summed E-state index contributed by atoms with van der Waals surface area (Å²) >= 11 is 1.14. The standard InChI is InChI=1S/C27H41N3O5S/c1-8-18(2)13-27(6)22(32)21(25(35)36-27)11-9-10-12-30(7)15-19(3)29-20(16-30)14-28-24(34)23(33)26(4,5)17-31/h8,13,16,23,31,33H,1,9-12,14-15,17H2,2-7H3,(H-,28,32,34,35)/p+1. The number of hydrogen-bond donors (Lipinski definition) is 4. The van der Waals surface area contributed by atoms with Gasteiger partial charge in [-0.3, -0.25) is 14.1 Å². The Bertz CT molecular complexity index is 1010. The molecule has 200 valence electrons. The van der Waals surface area contributed by atoms with Gasteiger partial charge in [0, 0.05) is 11.0 Å². The van der Waals surface area contributed by atoms with Crippen molar-refractivity contribution < 1.29 is 29.4 Å². The van der Waals surface area contributed by atoms with Crippen LogP contribution in [0.3, 0.4) is 0 Å². The predicted molar refractivity (Wildman–Crippen MR) is 145 cm³/mol. The van der Waals surface area contributed by atoms with Crippen molar-refractivity contribution in [3.05, 3.63) is 47.5 Å². The lowest BCUT2D eigenvalue weighted by Crippen LogP contribution is -2.48. The summed E-state index contributed by atoms with van der Waals surface area (Å²) in [5.41, 5.74) is 2.14. The highest BCUT2D eigenvalue weighted by Crippen LogP contribution is 2.45. The van der Waals surface area contributed by atoms with Crippen LogP contribution >= 0.6 is 11.8 Å². The first-order valence-electron chi connectivity index (χ1n) is 12.3. The van der Waals surface area contributed by atoms with Crippen LogP contribution in [0.25, 0.3) is 0 Å². The van der Waals surface area contributed by atoms with Crippen molar-refractivity contribution in [2.75, 3.05) is 33.3 Å². The molecule has 0 aromatic rings. The van der Waals surface area contributed by atoms with Gasteiger partial charge in [-0.05, 0) is 40.0 Å². The number of nitrogens with one attached hydrogen (secondary N) is 1. The van der Waals surface area contributed by atoms with E-state index in [1.165, 1.54) is 0 Å². The number of aliphatic hydroxyl groups is 3. The molecule has 0 bridgehead atoms. The fraction of sp³-hybridized carbons (Fsp3) is 0.593. The number of thioether (sulfide) groups is 1. The molecule has 0 aliphatic carbocycles. The molecule has 3 atom stereocenters. The molecular weight excluding hydrogens is 478 g/mol. The summed E-state index contributed by atoms with van der Waals surface area (Å²) < 4.78 is -0.135. The maximum absolute atomic E-state index is 12.6. The van der Waals surface area contributed by atoms with Gasteiger partial charge in [-0.2, -0.15) is 0 Å². The number of hydrogen-bond acceptors (Lipinski definition) is 7. The van der Waals surface area contributed by atoms with Gasteiger partial charge in [-0.15, -0.1) is 0 Å². The van der Waals surface area contributed by atoms with E-state index in [4.69, 9.17) is 0 Å². The third-order valence-electron chi connectivity index (χ3n) is 6.70. The van der Waals surface area contributed by atoms with Gasteiger partial charge in [0.1, 0.15) is 30.3 Å². The summed E-state index contributed by atoms with van der Waals surface area (Å²) in [6.07, 6.45) is 6.41. The molecule has 2 aliphatic rings. The van der Waals surface area contributed by atoms with Crippen molar-refractivity contribution in [3.63, 3.8) is 0 Å². The van der Waals surface area contributed by atoms with E-state index in [9.17, 15) is 24.9 Å². The average molecular weight is 521 g/mol.